The third kappa shape index (κ3) is 5.20. The van der Waals surface area contributed by atoms with Crippen molar-refractivity contribution in [1.29, 1.82) is 0 Å². The molecule has 0 saturated heterocycles. The van der Waals surface area contributed by atoms with Crippen molar-refractivity contribution in [1.82, 2.24) is 20.2 Å². The number of hydrogen-bond acceptors (Lipinski definition) is 6. The molecule has 0 bridgehead atoms. The Hall–Kier alpha value is -2.66. The Morgan fingerprint density at radius 1 is 1.14 bits per heavy atom. The van der Waals surface area contributed by atoms with Crippen LogP contribution in [0.1, 0.15) is 5.56 Å². The van der Waals surface area contributed by atoms with Gasteiger partial charge in [-0.1, -0.05) is 17.8 Å². The summed E-state index contributed by atoms with van der Waals surface area (Å²) in [5.41, 5.74) is 0.0143. The molecule has 11 heteroatoms. The summed E-state index contributed by atoms with van der Waals surface area (Å²) < 4.78 is 52.7. The van der Waals surface area contributed by atoms with Crippen molar-refractivity contribution in [2.45, 2.75) is 17.4 Å². The van der Waals surface area contributed by atoms with Crippen molar-refractivity contribution in [2.24, 2.45) is 0 Å². The van der Waals surface area contributed by atoms with Crippen molar-refractivity contribution in [3.63, 3.8) is 0 Å². The van der Waals surface area contributed by atoms with E-state index < -0.39 is 17.8 Å². The number of aliphatic hydroxyl groups excluding tert-OH is 1. The summed E-state index contributed by atoms with van der Waals surface area (Å²) in [6, 6.07) is 10.3. The fraction of sp³-hybridized carbons (Fsp3) is 0.235. The molecule has 1 atom stereocenters. The van der Waals surface area contributed by atoms with Crippen LogP contribution in [0.4, 0.5) is 23.2 Å². The molecule has 0 amide bonds. The summed E-state index contributed by atoms with van der Waals surface area (Å²) in [6.07, 6.45) is -5.26. The van der Waals surface area contributed by atoms with Crippen LogP contribution in [0, 0.1) is 5.82 Å². The molecule has 0 fully saturated rings. The lowest BCUT2D eigenvalue weighted by atomic mass is 10.2. The van der Waals surface area contributed by atoms with Crippen molar-refractivity contribution in [3.05, 3.63) is 59.9 Å². The lowest BCUT2D eigenvalue weighted by Crippen LogP contribution is -2.22. The van der Waals surface area contributed by atoms with Gasteiger partial charge in [0.25, 0.3) is 0 Å². The average Bonchev–Trinajstić information content (AvgIpc) is 3.14. The van der Waals surface area contributed by atoms with Gasteiger partial charge in [0.05, 0.1) is 17.4 Å². The van der Waals surface area contributed by atoms with E-state index in [0.29, 0.717) is 5.69 Å². The van der Waals surface area contributed by atoms with Gasteiger partial charge in [-0.25, -0.2) is 4.39 Å². The topological polar surface area (TPSA) is 75.9 Å². The van der Waals surface area contributed by atoms with E-state index in [9.17, 15) is 22.7 Å². The molecule has 3 rings (SSSR count). The van der Waals surface area contributed by atoms with Crippen LogP contribution >= 0.6 is 11.8 Å². The van der Waals surface area contributed by atoms with Gasteiger partial charge in [0.15, 0.2) is 0 Å². The quantitative estimate of drug-likeness (QED) is 0.457. The number of rotatable bonds is 7. The third-order valence-electron chi connectivity index (χ3n) is 3.65. The van der Waals surface area contributed by atoms with E-state index in [1.54, 1.807) is 12.1 Å². The van der Waals surface area contributed by atoms with Crippen LogP contribution in [0.2, 0.25) is 0 Å². The van der Waals surface area contributed by atoms with Gasteiger partial charge in [-0.15, -0.1) is 5.10 Å². The molecule has 0 aliphatic carbocycles. The Bertz CT molecular complexity index is 916. The third-order valence-corrected chi connectivity index (χ3v) is 4.71. The minimum atomic E-state index is -4.47. The number of benzene rings is 2. The molecule has 0 aliphatic heterocycles. The molecule has 1 aromatic heterocycles. The van der Waals surface area contributed by atoms with Gasteiger partial charge in [0.2, 0.25) is 5.16 Å². The smallest absolute Gasteiger partial charge is 0.390 e. The maximum Gasteiger partial charge on any atom is 0.416 e. The number of thioether (sulfide) groups is 1. The van der Waals surface area contributed by atoms with Gasteiger partial charge in [-0.3, -0.25) is 0 Å². The molecular formula is C17H15F4N5OS. The SMILES string of the molecule is O[C@@H](CNc1ccc(F)cc1)CSc1nnnn1-c1cccc(C(F)(F)F)c1. The standard InChI is InChI=1S/C17H15F4N5OS/c18-12-4-6-13(7-5-12)22-9-15(27)10-28-16-23-24-25-26(16)14-3-1-2-11(8-14)17(19,20)21/h1-8,15,22,27H,9-10H2/t15-/m0/s1. The maximum absolute atomic E-state index is 12.9. The van der Waals surface area contributed by atoms with Gasteiger partial charge in [0.1, 0.15) is 5.82 Å². The van der Waals surface area contributed by atoms with Crippen molar-refractivity contribution in [2.75, 3.05) is 17.6 Å². The summed E-state index contributed by atoms with van der Waals surface area (Å²) in [6.45, 7) is 0.198. The largest absolute Gasteiger partial charge is 0.416 e. The zero-order valence-electron chi connectivity index (χ0n) is 14.3. The average molecular weight is 413 g/mol. The highest BCUT2D eigenvalue weighted by molar-refractivity contribution is 7.99. The van der Waals surface area contributed by atoms with Gasteiger partial charge in [-0.05, 0) is 52.9 Å². The molecule has 1 heterocycles. The Kier molecular flexibility index (Phi) is 6.15. The molecule has 0 radical (unpaired) electrons. The van der Waals surface area contributed by atoms with Crippen LogP contribution < -0.4 is 5.32 Å². The highest BCUT2D eigenvalue weighted by atomic mass is 32.2. The number of hydrogen-bond donors (Lipinski definition) is 2. The van der Waals surface area contributed by atoms with Gasteiger partial charge < -0.3 is 10.4 Å². The van der Waals surface area contributed by atoms with E-state index in [0.717, 1.165) is 23.9 Å². The number of alkyl halides is 3. The Labute approximate surface area is 161 Å². The zero-order chi connectivity index (χ0) is 20.1. The van der Waals surface area contributed by atoms with Crippen LogP contribution in [0.15, 0.2) is 53.7 Å². The highest BCUT2D eigenvalue weighted by Gasteiger charge is 2.30. The van der Waals surface area contributed by atoms with Crippen LogP contribution in [0.5, 0.6) is 0 Å². The van der Waals surface area contributed by atoms with E-state index in [2.05, 4.69) is 20.8 Å². The van der Waals surface area contributed by atoms with E-state index in [-0.39, 0.29) is 29.0 Å². The number of halogens is 4. The summed E-state index contributed by atoms with van der Waals surface area (Å²) in [5.74, 6) is -0.156. The molecule has 0 aliphatic rings. The van der Waals surface area contributed by atoms with E-state index in [1.165, 1.54) is 28.9 Å². The first-order valence-corrected chi connectivity index (χ1v) is 9.08. The molecule has 28 heavy (non-hydrogen) atoms. The maximum atomic E-state index is 12.9. The Morgan fingerprint density at radius 2 is 1.89 bits per heavy atom. The van der Waals surface area contributed by atoms with Gasteiger partial charge >= 0.3 is 6.18 Å². The van der Waals surface area contributed by atoms with Gasteiger partial charge in [0, 0.05) is 18.0 Å². The molecular weight excluding hydrogens is 398 g/mol. The molecule has 2 N–H and O–H groups in total. The van der Waals surface area contributed by atoms with Crippen LogP contribution in [-0.4, -0.2) is 43.7 Å². The van der Waals surface area contributed by atoms with Crippen molar-refractivity contribution >= 4 is 17.4 Å². The van der Waals surface area contributed by atoms with E-state index >= 15 is 0 Å². The zero-order valence-corrected chi connectivity index (χ0v) is 15.1. The van der Waals surface area contributed by atoms with Crippen LogP contribution in [0.3, 0.4) is 0 Å². The van der Waals surface area contributed by atoms with Crippen molar-refractivity contribution in [3.8, 4) is 5.69 Å². The summed E-state index contributed by atoms with van der Waals surface area (Å²) in [5, 5.41) is 24.3. The minimum Gasteiger partial charge on any atom is -0.390 e. The number of nitrogens with zero attached hydrogens (tertiary/aromatic N) is 4. The minimum absolute atomic E-state index is 0.168. The van der Waals surface area contributed by atoms with Crippen LogP contribution in [-0.2, 0) is 6.18 Å². The number of tetrazole rings is 1. The number of aromatic nitrogens is 4. The van der Waals surface area contributed by atoms with Crippen molar-refractivity contribution < 1.29 is 22.7 Å². The molecule has 0 unspecified atom stereocenters. The predicted molar refractivity (Wildman–Crippen MR) is 95.8 cm³/mol. The number of anilines is 1. The highest BCUT2D eigenvalue weighted by Crippen LogP contribution is 2.30. The Balaban J connectivity index is 1.60. The van der Waals surface area contributed by atoms with E-state index in [4.69, 9.17) is 0 Å². The summed E-state index contributed by atoms with van der Waals surface area (Å²) >= 11 is 1.10. The second-order valence-electron chi connectivity index (χ2n) is 5.77. The second-order valence-corrected chi connectivity index (χ2v) is 6.76. The molecule has 6 nitrogen and oxygen atoms in total. The predicted octanol–water partition coefficient (Wildman–Crippen LogP) is 3.39. The Morgan fingerprint density at radius 3 is 2.61 bits per heavy atom. The first-order valence-electron chi connectivity index (χ1n) is 8.09. The van der Waals surface area contributed by atoms with E-state index in [1.807, 2.05) is 0 Å². The molecule has 0 saturated carbocycles. The molecule has 2 aromatic carbocycles. The summed E-state index contributed by atoms with van der Waals surface area (Å²) in [4.78, 5) is 0. The first-order chi connectivity index (χ1) is 13.3. The fourth-order valence-corrected chi connectivity index (χ4v) is 3.10. The monoisotopic (exact) mass is 413 g/mol. The second kappa shape index (κ2) is 8.57. The molecule has 0 spiro atoms. The first kappa shape index (κ1) is 20.1. The normalized spacial score (nSPS) is 12.8. The lowest BCUT2D eigenvalue weighted by Gasteiger charge is -2.13. The summed E-state index contributed by atoms with van der Waals surface area (Å²) in [7, 11) is 0. The number of aliphatic hydroxyl groups is 1. The number of nitrogens with one attached hydrogen (secondary N) is 1. The fourth-order valence-electron chi connectivity index (χ4n) is 2.28. The molecule has 148 valence electrons. The van der Waals surface area contributed by atoms with Gasteiger partial charge in [-0.2, -0.15) is 17.9 Å². The van der Waals surface area contributed by atoms with Crippen LogP contribution in [0.25, 0.3) is 5.69 Å². The lowest BCUT2D eigenvalue weighted by molar-refractivity contribution is -0.137. The molecule has 3 aromatic rings.